The number of halogens is 3. The van der Waals surface area contributed by atoms with Crippen molar-refractivity contribution in [2.45, 2.75) is 6.18 Å². The zero-order valence-electron chi connectivity index (χ0n) is 8.34. The molecule has 0 aliphatic heterocycles. The van der Waals surface area contributed by atoms with E-state index in [4.69, 9.17) is 0 Å². The molecule has 0 aliphatic rings. The first-order chi connectivity index (χ1) is 7.29. The van der Waals surface area contributed by atoms with Crippen molar-refractivity contribution < 1.29 is 18.0 Å². The smallest absolute Gasteiger partial charge is 0.343 e. The van der Waals surface area contributed by atoms with E-state index >= 15 is 0 Å². The van der Waals surface area contributed by atoms with E-state index < -0.39 is 24.2 Å². The van der Waals surface area contributed by atoms with Crippen LogP contribution in [-0.4, -0.2) is 23.2 Å². The molecular formula is C9H9F3N2O2. The maximum absolute atomic E-state index is 11.8. The van der Waals surface area contributed by atoms with Crippen LogP contribution in [0.15, 0.2) is 23.1 Å². The van der Waals surface area contributed by atoms with Gasteiger partial charge in [-0.15, -0.1) is 0 Å². The molecule has 0 atom stereocenters. The zero-order chi connectivity index (χ0) is 12.3. The number of nitrogens with one attached hydrogen (secondary N) is 1. The summed E-state index contributed by atoms with van der Waals surface area (Å²) in [5.74, 6) is -0.921. The predicted octanol–water partition coefficient (Wildman–Crippen LogP) is 0.677. The number of aromatic nitrogens is 1. The van der Waals surface area contributed by atoms with E-state index in [0.717, 1.165) is 6.07 Å². The van der Waals surface area contributed by atoms with Gasteiger partial charge in [0.1, 0.15) is 6.54 Å². The van der Waals surface area contributed by atoms with E-state index in [0.29, 0.717) is 0 Å². The molecule has 7 heteroatoms. The molecule has 0 fully saturated rings. The first kappa shape index (κ1) is 12.3. The lowest BCUT2D eigenvalue weighted by Crippen LogP contribution is -2.34. The summed E-state index contributed by atoms with van der Waals surface area (Å²) < 4.78 is 36.6. The van der Waals surface area contributed by atoms with Gasteiger partial charge in [0, 0.05) is 24.9 Å². The number of hydrogen-bond donors (Lipinski definition) is 1. The predicted molar refractivity (Wildman–Crippen MR) is 50.1 cm³/mol. The highest BCUT2D eigenvalue weighted by Crippen LogP contribution is 2.12. The van der Waals surface area contributed by atoms with Gasteiger partial charge in [-0.2, -0.15) is 13.2 Å². The van der Waals surface area contributed by atoms with Gasteiger partial charge in [0.15, 0.2) is 0 Å². The van der Waals surface area contributed by atoms with Crippen LogP contribution in [0.4, 0.5) is 13.2 Å². The van der Waals surface area contributed by atoms with Gasteiger partial charge in [-0.1, -0.05) is 0 Å². The Labute approximate surface area is 88.7 Å². The van der Waals surface area contributed by atoms with Crippen LogP contribution >= 0.6 is 0 Å². The van der Waals surface area contributed by atoms with Crippen molar-refractivity contribution in [1.29, 1.82) is 0 Å². The third-order valence-corrected chi connectivity index (χ3v) is 1.82. The number of rotatable bonds is 2. The van der Waals surface area contributed by atoms with Crippen LogP contribution in [0.3, 0.4) is 0 Å². The summed E-state index contributed by atoms with van der Waals surface area (Å²) in [6, 6.07) is 2.25. The molecule has 1 heterocycles. The van der Waals surface area contributed by atoms with Crippen molar-refractivity contribution in [3.05, 3.63) is 34.2 Å². The van der Waals surface area contributed by atoms with Crippen LogP contribution in [0, 0.1) is 0 Å². The van der Waals surface area contributed by atoms with Crippen LogP contribution in [0.2, 0.25) is 0 Å². The molecule has 0 bridgehead atoms. The summed E-state index contributed by atoms with van der Waals surface area (Å²) >= 11 is 0. The highest BCUT2D eigenvalue weighted by Gasteiger charge is 2.27. The molecule has 0 saturated carbocycles. The zero-order valence-corrected chi connectivity index (χ0v) is 8.34. The maximum Gasteiger partial charge on any atom is 0.405 e. The first-order valence-electron chi connectivity index (χ1n) is 4.31. The van der Waals surface area contributed by atoms with Crippen molar-refractivity contribution in [2.75, 3.05) is 6.54 Å². The number of nitrogens with zero attached hydrogens (tertiary/aromatic N) is 1. The fraction of sp³-hybridized carbons (Fsp3) is 0.333. The number of aryl methyl sites for hydroxylation is 1. The van der Waals surface area contributed by atoms with Crippen molar-refractivity contribution in [1.82, 2.24) is 9.88 Å². The summed E-state index contributed by atoms with van der Waals surface area (Å²) in [6.45, 7) is -1.42. The Morgan fingerprint density at radius 3 is 2.62 bits per heavy atom. The second-order valence-electron chi connectivity index (χ2n) is 3.16. The van der Waals surface area contributed by atoms with Gasteiger partial charge in [-0.3, -0.25) is 9.59 Å². The van der Waals surface area contributed by atoms with Gasteiger partial charge in [-0.25, -0.2) is 0 Å². The summed E-state index contributed by atoms with van der Waals surface area (Å²) in [7, 11) is 1.47. The normalized spacial score (nSPS) is 11.2. The summed E-state index contributed by atoms with van der Waals surface area (Å²) in [6.07, 6.45) is -3.15. The van der Waals surface area contributed by atoms with Crippen LogP contribution in [0.1, 0.15) is 10.4 Å². The Morgan fingerprint density at radius 1 is 1.50 bits per heavy atom. The molecule has 1 rings (SSSR count). The van der Waals surface area contributed by atoms with E-state index in [2.05, 4.69) is 0 Å². The minimum absolute atomic E-state index is 0.0904. The molecule has 16 heavy (non-hydrogen) atoms. The molecule has 0 unspecified atom stereocenters. The third-order valence-electron chi connectivity index (χ3n) is 1.82. The topological polar surface area (TPSA) is 51.1 Å². The summed E-state index contributed by atoms with van der Waals surface area (Å²) in [5.41, 5.74) is -0.549. The van der Waals surface area contributed by atoms with Crippen LogP contribution in [0.5, 0.6) is 0 Å². The Balaban J connectivity index is 2.74. The van der Waals surface area contributed by atoms with E-state index in [1.165, 1.54) is 23.9 Å². The van der Waals surface area contributed by atoms with Gasteiger partial charge in [0.2, 0.25) is 0 Å². The van der Waals surface area contributed by atoms with Crippen molar-refractivity contribution in [2.24, 2.45) is 7.05 Å². The number of carbonyl (C=O) groups excluding carboxylic acids is 1. The molecular weight excluding hydrogens is 225 g/mol. The molecule has 4 nitrogen and oxygen atoms in total. The molecule has 1 aromatic rings. The molecule has 0 aromatic carbocycles. The standard InChI is InChI=1S/C9H9F3N2O2/c1-14-3-2-6(4-7(14)15)8(16)13-5-9(10,11)12/h2-4H,5H2,1H3,(H,13,16). The van der Waals surface area contributed by atoms with Crippen molar-refractivity contribution in [3.63, 3.8) is 0 Å². The van der Waals surface area contributed by atoms with Crippen molar-refractivity contribution in [3.8, 4) is 0 Å². The molecule has 1 N–H and O–H groups in total. The second kappa shape index (κ2) is 4.38. The average Bonchev–Trinajstić information content (AvgIpc) is 2.17. The lowest BCUT2D eigenvalue weighted by atomic mass is 10.2. The summed E-state index contributed by atoms with van der Waals surface area (Å²) in [4.78, 5) is 22.3. The van der Waals surface area contributed by atoms with Crippen LogP contribution < -0.4 is 10.9 Å². The molecule has 88 valence electrons. The Kier molecular flexibility index (Phi) is 3.36. The van der Waals surface area contributed by atoms with Crippen molar-refractivity contribution >= 4 is 5.91 Å². The summed E-state index contributed by atoms with van der Waals surface area (Å²) in [5, 5.41) is 1.67. The highest BCUT2D eigenvalue weighted by molar-refractivity contribution is 5.93. The number of hydrogen-bond acceptors (Lipinski definition) is 2. The lowest BCUT2D eigenvalue weighted by Gasteiger charge is -2.08. The van der Waals surface area contributed by atoms with E-state index in [1.54, 1.807) is 5.32 Å². The second-order valence-corrected chi connectivity index (χ2v) is 3.16. The van der Waals surface area contributed by atoms with Crippen LogP contribution in [0.25, 0.3) is 0 Å². The monoisotopic (exact) mass is 234 g/mol. The van der Waals surface area contributed by atoms with Gasteiger partial charge in [0.05, 0.1) is 0 Å². The van der Waals surface area contributed by atoms with E-state index in [9.17, 15) is 22.8 Å². The Morgan fingerprint density at radius 2 is 2.12 bits per heavy atom. The molecule has 0 spiro atoms. The molecule has 1 aromatic heterocycles. The highest BCUT2D eigenvalue weighted by atomic mass is 19.4. The third kappa shape index (κ3) is 3.41. The minimum atomic E-state index is -4.46. The Bertz CT molecular complexity index is 451. The fourth-order valence-electron chi connectivity index (χ4n) is 0.972. The van der Waals surface area contributed by atoms with Gasteiger partial charge in [0.25, 0.3) is 11.5 Å². The average molecular weight is 234 g/mol. The lowest BCUT2D eigenvalue weighted by molar-refractivity contribution is -0.123. The largest absolute Gasteiger partial charge is 0.405 e. The number of carbonyl (C=O) groups is 1. The number of pyridine rings is 1. The SMILES string of the molecule is Cn1ccc(C(=O)NCC(F)(F)F)cc1=O. The molecule has 1 amide bonds. The van der Waals surface area contributed by atoms with Gasteiger partial charge in [-0.05, 0) is 6.07 Å². The fourth-order valence-corrected chi connectivity index (χ4v) is 0.972. The number of alkyl halides is 3. The molecule has 0 aliphatic carbocycles. The van der Waals surface area contributed by atoms with Gasteiger partial charge >= 0.3 is 6.18 Å². The maximum atomic E-state index is 11.8. The van der Waals surface area contributed by atoms with Crippen LogP contribution in [-0.2, 0) is 7.05 Å². The molecule has 0 saturated heterocycles. The first-order valence-corrected chi connectivity index (χ1v) is 4.31. The van der Waals surface area contributed by atoms with Gasteiger partial charge < -0.3 is 9.88 Å². The number of amides is 1. The minimum Gasteiger partial charge on any atom is -0.343 e. The van der Waals surface area contributed by atoms with E-state index in [1.807, 2.05) is 0 Å². The Hall–Kier alpha value is -1.79. The molecule has 0 radical (unpaired) electrons. The quantitative estimate of drug-likeness (QED) is 0.818. The van der Waals surface area contributed by atoms with E-state index in [-0.39, 0.29) is 5.56 Å².